The summed E-state index contributed by atoms with van der Waals surface area (Å²) in [5.74, 6) is 1.72. The van der Waals surface area contributed by atoms with Gasteiger partial charge in [-0.05, 0) is 43.7 Å². The fourth-order valence-corrected chi connectivity index (χ4v) is 4.42. The summed E-state index contributed by atoms with van der Waals surface area (Å²) in [7, 11) is 2.08. The third-order valence-corrected chi connectivity index (χ3v) is 5.43. The second-order valence-corrected chi connectivity index (χ2v) is 6.64. The van der Waals surface area contributed by atoms with E-state index < -0.39 is 0 Å². The first-order valence-corrected chi connectivity index (χ1v) is 8.15. The fourth-order valence-electron chi connectivity index (χ4n) is 3.13. The van der Waals surface area contributed by atoms with Crippen LogP contribution in [0.4, 0.5) is 0 Å². The first kappa shape index (κ1) is 13.7. The molecule has 0 aliphatic carbocycles. The molecule has 0 fully saturated rings. The van der Waals surface area contributed by atoms with Gasteiger partial charge in [-0.1, -0.05) is 42.0 Å². The zero-order valence-corrected chi connectivity index (χ0v) is 13.1. The number of aryl methyl sites for hydroxylation is 2. The highest BCUT2D eigenvalue weighted by atomic mass is 32.2. The van der Waals surface area contributed by atoms with Crippen molar-refractivity contribution in [1.82, 2.24) is 5.32 Å². The van der Waals surface area contributed by atoms with Crippen LogP contribution in [0, 0.1) is 13.8 Å². The van der Waals surface area contributed by atoms with Gasteiger partial charge in [0.1, 0.15) is 0 Å². The topological polar surface area (TPSA) is 12.0 Å². The van der Waals surface area contributed by atoms with E-state index >= 15 is 0 Å². The van der Waals surface area contributed by atoms with Gasteiger partial charge in [-0.25, -0.2) is 0 Å². The summed E-state index contributed by atoms with van der Waals surface area (Å²) >= 11 is 1.98. The average molecular weight is 283 g/mol. The Morgan fingerprint density at radius 2 is 1.95 bits per heavy atom. The second kappa shape index (κ2) is 5.63. The Morgan fingerprint density at radius 3 is 2.75 bits per heavy atom. The van der Waals surface area contributed by atoms with Gasteiger partial charge in [0.15, 0.2) is 0 Å². The maximum Gasteiger partial charge on any atom is 0.0398 e. The maximum atomic E-state index is 3.56. The molecule has 1 nitrogen and oxygen atoms in total. The molecule has 1 N–H and O–H groups in total. The van der Waals surface area contributed by atoms with Crippen molar-refractivity contribution in [2.75, 3.05) is 12.8 Å². The van der Waals surface area contributed by atoms with E-state index in [0.29, 0.717) is 12.0 Å². The van der Waals surface area contributed by atoms with Crippen LogP contribution < -0.4 is 5.32 Å². The summed E-state index contributed by atoms with van der Waals surface area (Å²) in [6, 6.07) is 16.0. The molecule has 20 heavy (non-hydrogen) atoms. The van der Waals surface area contributed by atoms with Gasteiger partial charge < -0.3 is 5.32 Å². The quantitative estimate of drug-likeness (QED) is 0.893. The summed E-state index contributed by atoms with van der Waals surface area (Å²) in [5.41, 5.74) is 5.65. The highest BCUT2D eigenvalue weighted by molar-refractivity contribution is 7.99. The number of benzene rings is 2. The average Bonchev–Trinajstić information content (AvgIpc) is 2.88. The third-order valence-electron chi connectivity index (χ3n) is 4.22. The molecule has 3 rings (SSSR count). The van der Waals surface area contributed by atoms with Crippen LogP contribution in [0.1, 0.15) is 34.2 Å². The van der Waals surface area contributed by atoms with Crippen molar-refractivity contribution < 1.29 is 0 Å². The SMILES string of the molecule is CNC(c1cc(C)ccc1C)C1CSc2ccccc21. The van der Waals surface area contributed by atoms with Crippen LogP contribution >= 0.6 is 11.8 Å². The first-order valence-electron chi connectivity index (χ1n) is 7.17. The van der Waals surface area contributed by atoms with Gasteiger partial charge in [0.25, 0.3) is 0 Å². The van der Waals surface area contributed by atoms with E-state index in [0.717, 1.165) is 5.75 Å². The van der Waals surface area contributed by atoms with Crippen molar-refractivity contribution in [3.05, 3.63) is 64.7 Å². The van der Waals surface area contributed by atoms with E-state index in [1.54, 1.807) is 0 Å². The molecular weight excluding hydrogens is 262 g/mol. The highest BCUT2D eigenvalue weighted by Gasteiger charge is 2.30. The lowest BCUT2D eigenvalue weighted by molar-refractivity contribution is 0.512. The normalized spacial score (nSPS) is 18.9. The van der Waals surface area contributed by atoms with Crippen LogP contribution in [-0.2, 0) is 0 Å². The molecule has 104 valence electrons. The van der Waals surface area contributed by atoms with Gasteiger partial charge in [-0.3, -0.25) is 0 Å². The Balaban J connectivity index is 2.01. The lowest BCUT2D eigenvalue weighted by Crippen LogP contribution is -2.25. The van der Waals surface area contributed by atoms with Crippen molar-refractivity contribution in [3.8, 4) is 0 Å². The molecule has 2 heteroatoms. The molecule has 0 saturated carbocycles. The minimum atomic E-state index is 0.394. The fraction of sp³-hybridized carbons (Fsp3) is 0.333. The molecule has 2 aromatic carbocycles. The van der Waals surface area contributed by atoms with Crippen LogP contribution in [-0.4, -0.2) is 12.8 Å². The number of nitrogens with one attached hydrogen (secondary N) is 1. The smallest absolute Gasteiger partial charge is 0.0398 e. The van der Waals surface area contributed by atoms with Gasteiger partial charge >= 0.3 is 0 Å². The van der Waals surface area contributed by atoms with E-state index in [-0.39, 0.29) is 0 Å². The largest absolute Gasteiger partial charge is 0.312 e. The Bertz CT molecular complexity index is 621. The van der Waals surface area contributed by atoms with Crippen LogP contribution in [0.5, 0.6) is 0 Å². The van der Waals surface area contributed by atoms with Gasteiger partial charge in [0.05, 0.1) is 0 Å². The Hall–Kier alpha value is -1.25. The molecule has 1 heterocycles. The Morgan fingerprint density at radius 1 is 1.15 bits per heavy atom. The minimum Gasteiger partial charge on any atom is -0.312 e. The number of fused-ring (bicyclic) bond motifs is 1. The van der Waals surface area contributed by atoms with Crippen LogP contribution in [0.2, 0.25) is 0 Å². The Labute approximate surface area is 125 Å². The highest BCUT2D eigenvalue weighted by Crippen LogP contribution is 2.45. The molecule has 0 amide bonds. The summed E-state index contributed by atoms with van der Waals surface area (Å²) in [5, 5.41) is 3.56. The number of thioether (sulfide) groups is 1. The van der Waals surface area contributed by atoms with Crippen molar-refractivity contribution >= 4 is 11.8 Å². The lowest BCUT2D eigenvalue weighted by atomic mass is 9.86. The van der Waals surface area contributed by atoms with E-state index in [9.17, 15) is 0 Å². The minimum absolute atomic E-state index is 0.394. The molecule has 0 aromatic heterocycles. The van der Waals surface area contributed by atoms with Gasteiger partial charge in [0, 0.05) is 22.6 Å². The summed E-state index contributed by atoms with van der Waals surface area (Å²) in [6.07, 6.45) is 0. The number of likely N-dealkylation sites (N-methyl/N-ethyl adjacent to an activating group) is 1. The number of hydrogen-bond donors (Lipinski definition) is 1. The molecule has 0 saturated heterocycles. The molecule has 2 unspecified atom stereocenters. The molecule has 2 atom stereocenters. The summed E-state index contributed by atoms with van der Waals surface area (Å²) in [4.78, 5) is 1.45. The van der Waals surface area contributed by atoms with E-state index in [1.807, 2.05) is 11.8 Å². The Kier molecular flexibility index (Phi) is 3.86. The standard InChI is InChI=1S/C18H21NS/c1-12-8-9-13(2)15(10-12)18(19-3)16-11-20-17-7-5-4-6-14(16)17/h4-10,16,18-19H,11H2,1-3H3. The lowest BCUT2D eigenvalue weighted by Gasteiger charge is -2.26. The number of hydrogen-bond acceptors (Lipinski definition) is 2. The monoisotopic (exact) mass is 283 g/mol. The summed E-state index contributed by atoms with van der Waals surface area (Å²) < 4.78 is 0. The van der Waals surface area contributed by atoms with Crippen molar-refractivity contribution in [2.24, 2.45) is 0 Å². The van der Waals surface area contributed by atoms with Crippen molar-refractivity contribution in [2.45, 2.75) is 30.7 Å². The van der Waals surface area contributed by atoms with Gasteiger partial charge in [-0.15, -0.1) is 11.8 Å². The van der Waals surface area contributed by atoms with Crippen LogP contribution in [0.3, 0.4) is 0 Å². The summed E-state index contributed by atoms with van der Waals surface area (Å²) in [6.45, 7) is 4.39. The van der Waals surface area contributed by atoms with Crippen molar-refractivity contribution in [3.63, 3.8) is 0 Å². The predicted octanol–water partition coefficient (Wildman–Crippen LogP) is 4.45. The van der Waals surface area contributed by atoms with E-state index in [1.165, 1.54) is 27.1 Å². The van der Waals surface area contributed by atoms with E-state index in [4.69, 9.17) is 0 Å². The second-order valence-electron chi connectivity index (χ2n) is 5.58. The van der Waals surface area contributed by atoms with E-state index in [2.05, 4.69) is 68.7 Å². The third kappa shape index (κ3) is 2.38. The number of rotatable bonds is 3. The molecule has 1 aliphatic rings. The van der Waals surface area contributed by atoms with Crippen LogP contribution in [0.15, 0.2) is 47.4 Å². The first-order chi connectivity index (χ1) is 9.70. The molecule has 2 aromatic rings. The van der Waals surface area contributed by atoms with Gasteiger partial charge in [-0.2, -0.15) is 0 Å². The predicted molar refractivity (Wildman–Crippen MR) is 87.6 cm³/mol. The molecule has 1 aliphatic heterocycles. The zero-order valence-electron chi connectivity index (χ0n) is 12.3. The molecular formula is C18H21NS. The van der Waals surface area contributed by atoms with Crippen molar-refractivity contribution in [1.29, 1.82) is 0 Å². The maximum absolute atomic E-state index is 3.56. The van der Waals surface area contributed by atoms with Gasteiger partial charge in [0.2, 0.25) is 0 Å². The van der Waals surface area contributed by atoms with Crippen LogP contribution in [0.25, 0.3) is 0 Å². The molecule has 0 radical (unpaired) electrons. The molecule has 0 bridgehead atoms. The molecule has 0 spiro atoms. The zero-order chi connectivity index (χ0) is 14.1.